The van der Waals surface area contributed by atoms with Gasteiger partial charge in [-0.3, -0.25) is 4.72 Å². The lowest BCUT2D eigenvalue weighted by atomic mass is 10.2. The van der Waals surface area contributed by atoms with Gasteiger partial charge in [0.15, 0.2) is 0 Å². The second-order valence-electron chi connectivity index (χ2n) is 5.89. The largest absolute Gasteiger partial charge is 0.354 e. The van der Waals surface area contributed by atoms with Gasteiger partial charge in [0.2, 0.25) is 0 Å². The predicted octanol–water partition coefficient (Wildman–Crippen LogP) is 4.90. The van der Waals surface area contributed by atoms with Crippen LogP contribution in [0, 0.1) is 13.8 Å². The number of aromatic nitrogens is 1. The van der Waals surface area contributed by atoms with E-state index in [2.05, 4.69) is 15.0 Å². The zero-order valence-corrected chi connectivity index (χ0v) is 15.9. The summed E-state index contributed by atoms with van der Waals surface area (Å²) in [6, 6.07) is 15.7. The first-order valence-corrected chi connectivity index (χ1v) is 9.79. The second kappa shape index (κ2) is 7.35. The number of nitrogens with one attached hydrogen (secondary N) is 2. The van der Waals surface area contributed by atoms with Crippen LogP contribution >= 0.6 is 11.6 Å². The van der Waals surface area contributed by atoms with Gasteiger partial charge in [0.1, 0.15) is 5.82 Å². The average molecular weight is 388 g/mol. The Kier molecular flexibility index (Phi) is 5.15. The van der Waals surface area contributed by atoms with Crippen molar-refractivity contribution in [1.29, 1.82) is 0 Å². The first-order chi connectivity index (χ1) is 12.3. The van der Waals surface area contributed by atoms with Gasteiger partial charge < -0.3 is 5.32 Å². The molecule has 26 heavy (non-hydrogen) atoms. The van der Waals surface area contributed by atoms with E-state index in [4.69, 9.17) is 11.6 Å². The van der Waals surface area contributed by atoms with E-state index in [1.807, 2.05) is 25.1 Å². The van der Waals surface area contributed by atoms with Crippen LogP contribution in [0.25, 0.3) is 0 Å². The Bertz CT molecular complexity index is 1030. The number of hydrogen-bond donors (Lipinski definition) is 2. The molecule has 1 heterocycles. The standard InChI is InChI=1S/C19H18ClN3O2S/c1-13-7-8-15(20)11-17(13)22-16-9-10-19(21-12-16)23-26(24,25)18-6-4-3-5-14(18)2/h3-12,22H,1-2H3,(H,21,23). The molecule has 2 aromatic carbocycles. The highest BCUT2D eigenvalue weighted by Crippen LogP contribution is 2.25. The number of halogens is 1. The van der Waals surface area contributed by atoms with E-state index in [1.54, 1.807) is 49.5 Å². The van der Waals surface area contributed by atoms with Crippen molar-refractivity contribution in [2.45, 2.75) is 18.7 Å². The third kappa shape index (κ3) is 4.15. The van der Waals surface area contributed by atoms with E-state index in [-0.39, 0.29) is 10.7 Å². The molecule has 0 amide bonds. The Balaban J connectivity index is 1.78. The van der Waals surface area contributed by atoms with E-state index in [0.29, 0.717) is 10.6 Å². The average Bonchev–Trinajstić information content (AvgIpc) is 2.60. The van der Waals surface area contributed by atoms with Gasteiger partial charge in [-0.05, 0) is 55.3 Å². The van der Waals surface area contributed by atoms with Crippen molar-refractivity contribution in [3.63, 3.8) is 0 Å². The van der Waals surface area contributed by atoms with Crippen molar-refractivity contribution in [2.24, 2.45) is 0 Å². The summed E-state index contributed by atoms with van der Waals surface area (Å²) >= 11 is 6.02. The van der Waals surface area contributed by atoms with Gasteiger partial charge in [-0.2, -0.15) is 0 Å². The summed E-state index contributed by atoms with van der Waals surface area (Å²) in [4.78, 5) is 4.42. The zero-order chi connectivity index (χ0) is 18.7. The molecular weight excluding hydrogens is 370 g/mol. The van der Waals surface area contributed by atoms with Crippen LogP contribution in [0.2, 0.25) is 5.02 Å². The summed E-state index contributed by atoms with van der Waals surface area (Å²) in [5, 5.41) is 3.85. The number of nitrogens with zero attached hydrogens (tertiary/aromatic N) is 1. The van der Waals surface area contributed by atoms with Crippen molar-refractivity contribution < 1.29 is 8.42 Å². The van der Waals surface area contributed by atoms with Crippen LogP contribution in [0.4, 0.5) is 17.2 Å². The zero-order valence-electron chi connectivity index (χ0n) is 14.3. The van der Waals surface area contributed by atoms with Gasteiger partial charge in [0, 0.05) is 10.7 Å². The topological polar surface area (TPSA) is 71.1 Å². The van der Waals surface area contributed by atoms with E-state index >= 15 is 0 Å². The Morgan fingerprint density at radius 2 is 1.73 bits per heavy atom. The molecule has 0 aliphatic heterocycles. The Morgan fingerprint density at radius 1 is 0.962 bits per heavy atom. The third-order valence-electron chi connectivity index (χ3n) is 3.86. The maximum absolute atomic E-state index is 12.5. The quantitative estimate of drug-likeness (QED) is 0.653. The molecule has 0 saturated carbocycles. The fraction of sp³-hybridized carbons (Fsp3) is 0.105. The molecule has 0 fully saturated rings. The molecule has 134 valence electrons. The van der Waals surface area contributed by atoms with Gasteiger partial charge in [-0.1, -0.05) is 35.9 Å². The lowest BCUT2D eigenvalue weighted by Gasteiger charge is -2.12. The molecule has 7 heteroatoms. The highest BCUT2D eigenvalue weighted by molar-refractivity contribution is 7.92. The summed E-state index contributed by atoms with van der Waals surface area (Å²) in [7, 11) is -3.68. The van der Waals surface area contributed by atoms with Crippen molar-refractivity contribution in [3.8, 4) is 0 Å². The summed E-state index contributed by atoms with van der Waals surface area (Å²) < 4.78 is 27.5. The van der Waals surface area contributed by atoms with E-state index in [9.17, 15) is 8.42 Å². The molecule has 0 radical (unpaired) electrons. The molecule has 0 atom stereocenters. The minimum Gasteiger partial charge on any atom is -0.354 e. The van der Waals surface area contributed by atoms with E-state index in [0.717, 1.165) is 16.9 Å². The fourth-order valence-corrected chi connectivity index (χ4v) is 3.89. The molecule has 0 saturated heterocycles. The van der Waals surface area contributed by atoms with Gasteiger partial charge >= 0.3 is 0 Å². The van der Waals surface area contributed by atoms with Gasteiger partial charge in [-0.25, -0.2) is 13.4 Å². The van der Waals surface area contributed by atoms with Crippen LogP contribution < -0.4 is 10.0 Å². The Hall–Kier alpha value is -2.57. The maximum atomic E-state index is 12.5. The summed E-state index contributed by atoms with van der Waals surface area (Å²) in [5.74, 6) is 0.251. The van der Waals surface area contributed by atoms with Gasteiger partial charge in [-0.15, -0.1) is 0 Å². The first kappa shape index (κ1) is 18.2. The monoisotopic (exact) mass is 387 g/mol. The van der Waals surface area contributed by atoms with Crippen LogP contribution in [0.5, 0.6) is 0 Å². The number of hydrogen-bond acceptors (Lipinski definition) is 4. The van der Waals surface area contributed by atoms with Crippen molar-refractivity contribution >= 4 is 38.8 Å². The Morgan fingerprint density at radius 3 is 2.42 bits per heavy atom. The summed E-state index contributed by atoms with van der Waals surface area (Å²) in [6.07, 6.45) is 1.57. The van der Waals surface area contributed by atoms with Crippen LogP contribution in [0.15, 0.2) is 65.7 Å². The molecule has 5 nitrogen and oxygen atoms in total. The van der Waals surface area contributed by atoms with Crippen LogP contribution in [-0.2, 0) is 10.0 Å². The summed E-state index contributed by atoms with van der Waals surface area (Å²) in [5.41, 5.74) is 3.31. The highest BCUT2D eigenvalue weighted by atomic mass is 35.5. The number of benzene rings is 2. The fourth-order valence-electron chi connectivity index (χ4n) is 2.46. The van der Waals surface area contributed by atoms with Gasteiger partial charge in [0.25, 0.3) is 10.0 Å². The molecular formula is C19H18ClN3O2S. The molecule has 0 spiro atoms. The minimum absolute atomic E-state index is 0.235. The van der Waals surface area contributed by atoms with Gasteiger partial charge in [0.05, 0.1) is 16.8 Å². The van der Waals surface area contributed by atoms with Crippen molar-refractivity contribution in [1.82, 2.24) is 4.98 Å². The van der Waals surface area contributed by atoms with Crippen LogP contribution in [-0.4, -0.2) is 13.4 Å². The molecule has 1 aromatic heterocycles. The summed E-state index contributed by atoms with van der Waals surface area (Å²) in [6.45, 7) is 3.72. The second-order valence-corrected chi connectivity index (χ2v) is 7.97. The predicted molar refractivity (Wildman–Crippen MR) is 106 cm³/mol. The number of sulfonamides is 1. The lowest BCUT2D eigenvalue weighted by molar-refractivity contribution is 0.600. The van der Waals surface area contributed by atoms with Crippen molar-refractivity contribution in [3.05, 3.63) is 76.9 Å². The molecule has 3 rings (SSSR count). The molecule has 0 aliphatic carbocycles. The number of pyridine rings is 1. The smallest absolute Gasteiger partial charge is 0.263 e. The lowest BCUT2D eigenvalue weighted by Crippen LogP contribution is -2.15. The molecule has 0 unspecified atom stereocenters. The number of rotatable bonds is 5. The normalized spacial score (nSPS) is 11.2. The van der Waals surface area contributed by atoms with E-state index < -0.39 is 10.0 Å². The third-order valence-corrected chi connectivity index (χ3v) is 5.61. The SMILES string of the molecule is Cc1ccc(Cl)cc1Nc1ccc(NS(=O)(=O)c2ccccc2C)nc1. The number of anilines is 3. The molecule has 3 aromatic rings. The first-order valence-electron chi connectivity index (χ1n) is 7.93. The van der Waals surface area contributed by atoms with Crippen molar-refractivity contribution in [2.75, 3.05) is 10.0 Å². The minimum atomic E-state index is -3.68. The van der Waals surface area contributed by atoms with Crippen LogP contribution in [0.3, 0.4) is 0 Å². The Labute approximate surface area is 158 Å². The highest BCUT2D eigenvalue weighted by Gasteiger charge is 2.16. The maximum Gasteiger partial charge on any atom is 0.263 e. The number of aryl methyl sites for hydroxylation is 2. The molecule has 0 bridgehead atoms. The molecule has 0 aliphatic rings. The molecule has 2 N–H and O–H groups in total. The van der Waals surface area contributed by atoms with Crippen LogP contribution in [0.1, 0.15) is 11.1 Å². The van der Waals surface area contributed by atoms with E-state index in [1.165, 1.54) is 0 Å².